The van der Waals surface area contributed by atoms with Crippen molar-refractivity contribution < 1.29 is 0 Å². The van der Waals surface area contributed by atoms with Gasteiger partial charge in [0, 0.05) is 0 Å². The third-order valence-corrected chi connectivity index (χ3v) is 10.0. The van der Waals surface area contributed by atoms with E-state index in [4.69, 9.17) is 4.99 Å². The zero-order valence-corrected chi connectivity index (χ0v) is 13.6. The van der Waals surface area contributed by atoms with Gasteiger partial charge in [0.2, 0.25) is 0 Å². The average molecular weight is 291 g/mol. The molecule has 1 aliphatic heterocycles. The van der Waals surface area contributed by atoms with Crippen molar-refractivity contribution in [3.8, 4) is 0 Å². The van der Waals surface area contributed by atoms with Gasteiger partial charge in [-0.05, 0) is 0 Å². The summed E-state index contributed by atoms with van der Waals surface area (Å²) < 4.78 is 3.38. The van der Waals surface area contributed by atoms with Gasteiger partial charge in [-0.25, -0.2) is 0 Å². The van der Waals surface area contributed by atoms with Gasteiger partial charge >= 0.3 is 110 Å². The van der Waals surface area contributed by atoms with E-state index in [2.05, 4.69) is 65.8 Å². The zero-order valence-electron chi connectivity index (χ0n) is 11.7. The van der Waals surface area contributed by atoms with Gasteiger partial charge in [-0.1, -0.05) is 0 Å². The van der Waals surface area contributed by atoms with Crippen LogP contribution in [0.15, 0.2) is 29.3 Å². The van der Waals surface area contributed by atoms with Crippen molar-refractivity contribution in [2.45, 2.75) is 45.7 Å². The Morgan fingerprint density at radius 3 is 2.06 bits per heavy atom. The quantitative estimate of drug-likeness (QED) is 0.644. The molecule has 2 rings (SSSR count). The number of benzene rings is 1. The SMILES string of the molecule is CC(C)(C)C1=Nc2ccccc2[As]1C(C)(C)C. The number of rotatable bonds is 0. The first-order chi connectivity index (χ1) is 7.71. The van der Waals surface area contributed by atoms with Crippen LogP contribution in [0, 0.1) is 5.41 Å². The second-order valence-electron chi connectivity index (χ2n) is 6.68. The molecule has 92 valence electrons. The summed E-state index contributed by atoms with van der Waals surface area (Å²) >= 11 is -1.24. The van der Waals surface area contributed by atoms with E-state index >= 15 is 0 Å². The Kier molecular flexibility index (Phi) is 3.02. The Hall–Kier alpha value is -0.552. The van der Waals surface area contributed by atoms with Crippen LogP contribution in [-0.4, -0.2) is 19.2 Å². The first kappa shape index (κ1) is 12.9. The third kappa shape index (κ3) is 2.35. The Balaban J connectivity index is 2.57. The van der Waals surface area contributed by atoms with E-state index in [1.807, 2.05) is 0 Å². The summed E-state index contributed by atoms with van der Waals surface area (Å²) in [5.41, 5.74) is 1.43. The molecule has 0 spiro atoms. The summed E-state index contributed by atoms with van der Waals surface area (Å²) in [6.45, 7) is 14.0. The zero-order chi connectivity index (χ0) is 12.8. The number of para-hydroxylation sites is 1. The average Bonchev–Trinajstić information content (AvgIpc) is 2.54. The first-order valence-electron chi connectivity index (χ1n) is 6.20. The van der Waals surface area contributed by atoms with Crippen molar-refractivity contribution in [3.63, 3.8) is 0 Å². The molecule has 0 saturated heterocycles. The predicted molar refractivity (Wildman–Crippen MR) is 78.1 cm³/mol. The number of nitrogens with zero attached hydrogens (tertiary/aromatic N) is 1. The van der Waals surface area contributed by atoms with E-state index in [1.165, 1.54) is 14.5 Å². The second-order valence-corrected chi connectivity index (χ2v) is 12.8. The molecule has 2 heteroatoms. The van der Waals surface area contributed by atoms with Crippen LogP contribution < -0.4 is 4.35 Å². The van der Waals surface area contributed by atoms with E-state index in [9.17, 15) is 0 Å². The van der Waals surface area contributed by atoms with Crippen LogP contribution in [0.2, 0.25) is 4.20 Å². The van der Waals surface area contributed by atoms with E-state index < -0.39 is 14.7 Å². The molecule has 1 aromatic rings. The van der Waals surface area contributed by atoms with Gasteiger partial charge < -0.3 is 0 Å². The topological polar surface area (TPSA) is 12.4 Å². The molecule has 1 unspecified atom stereocenters. The molecule has 1 atom stereocenters. The molecule has 1 heterocycles. The Labute approximate surface area is 110 Å². The Morgan fingerprint density at radius 1 is 0.941 bits per heavy atom. The van der Waals surface area contributed by atoms with E-state index in [1.54, 1.807) is 0 Å². The molecule has 0 N–H and O–H groups in total. The summed E-state index contributed by atoms with van der Waals surface area (Å²) in [5.74, 6) is 0. The molecule has 0 saturated carbocycles. The van der Waals surface area contributed by atoms with Crippen molar-refractivity contribution in [3.05, 3.63) is 24.3 Å². The van der Waals surface area contributed by atoms with Gasteiger partial charge in [0.15, 0.2) is 0 Å². The van der Waals surface area contributed by atoms with Crippen LogP contribution in [0.5, 0.6) is 0 Å². The Bertz CT molecular complexity index is 461. The summed E-state index contributed by atoms with van der Waals surface area (Å²) in [5, 5.41) is 0. The fourth-order valence-corrected chi connectivity index (χ4v) is 8.61. The minimum absolute atomic E-state index is 0.201. The predicted octanol–water partition coefficient (Wildman–Crippen LogP) is 3.86. The molecule has 0 radical (unpaired) electrons. The minimum atomic E-state index is -1.24. The van der Waals surface area contributed by atoms with Crippen molar-refractivity contribution in [2.24, 2.45) is 10.4 Å². The number of aliphatic imine (C=N–C) groups is 1. The van der Waals surface area contributed by atoms with Crippen LogP contribution >= 0.6 is 0 Å². The Morgan fingerprint density at radius 2 is 1.53 bits per heavy atom. The molecular formula is C15H22AsN. The molecule has 1 aromatic carbocycles. The fourth-order valence-electron chi connectivity index (χ4n) is 2.21. The standard InChI is InChI=1S/C15H22AsN/c1-14(2,3)13-16(15(4,5)6)11-9-7-8-10-12(11)17-13/h7-10H,1-6H3. The molecule has 17 heavy (non-hydrogen) atoms. The summed E-state index contributed by atoms with van der Waals surface area (Å²) in [7, 11) is 0. The van der Waals surface area contributed by atoms with Crippen molar-refractivity contribution in [1.29, 1.82) is 0 Å². The van der Waals surface area contributed by atoms with Gasteiger partial charge in [0.05, 0.1) is 0 Å². The van der Waals surface area contributed by atoms with Crippen LogP contribution in [0.4, 0.5) is 5.69 Å². The van der Waals surface area contributed by atoms with Crippen LogP contribution in [0.1, 0.15) is 41.5 Å². The van der Waals surface area contributed by atoms with Crippen molar-refractivity contribution in [2.75, 3.05) is 0 Å². The van der Waals surface area contributed by atoms with Gasteiger partial charge in [-0.2, -0.15) is 0 Å². The fraction of sp³-hybridized carbons (Fsp3) is 0.533. The second kappa shape index (κ2) is 3.98. The summed E-state index contributed by atoms with van der Waals surface area (Å²) in [6.07, 6.45) is 0. The maximum absolute atomic E-state index is 4.95. The third-order valence-electron chi connectivity index (χ3n) is 2.90. The molecular weight excluding hydrogens is 269 g/mol. The van der Waals surface area contributed by atoms with Gasteiger partial charge in [0.25, 0.3) is 0 Å². The molecule has 0 amide bonds. The van der Waals surface area contributed by atoms with Gasteiger partial charge in [0.1, 0.15) is 0 Å². The molecule has 0 aliphatic carbocycles. The molecule has 0 bridgehead atoms. The number of fused-ring (bicyclic) bond motifs is 1. The summed E-state index contributed by atoms with van der Waals surface area (Å²) in [6, 6.07) is 8.72. The number of hydrogen-bond acceptors (Lipinski definition) is 1. The normalized spacial score (nSPS) is 20.1. The molecule has 1 nitrogen and oxygen atoms in total. The summed E-state index contributed by atoms with van der Waals surface area (Å²) in [4.78, 5) is 4.95. The monoisotopic (exact) mass is 291 g/mol. The van der Waals surface area contributed by atoms with Crippen LogP contribution in [-0.2, 0) is 0 Å². The maximum atomic E-state index is 4.95. The van der Waals surface area contributed by atoms with Crippen LogP contribution in [0.25, 0.3) is 0 Å². The first-order valence-corrected chi connectivity index (χ1v) is 9.01. The van der Waals surface area contributed by atoms with E-state index in [-0.39, 0.29) is 5.41 Å². The molecule has 0 aromatic heterocycles. The van der Waals surface area contributed by atoms with Gasteiger partial charge in [-0.15, -0.1) is 0 Å². The van der Waals surface area contributed by atoms with Crippen molar-refractivity contribution >= 4 is 29.2 Å². The van der Waals surface area contributed by atoms with E-state index in [0.717, 1.165) is 0 Å². The van der Waals surface area contributed by atoms with Crippen LogP contribution in [0.3, 0.4) is 0 Å². The van der Waals surface area contributed by atoms with E-state index in [0.29, 0.717) is 4.20 Å². The molecule has 0 fully saturated rings. The number of hydrogen-bond donors (Lipinski definition) is 0. The van der Waals surface area contributed by atoms with Crippen molar-refractivity contribution in [1.82, 2.24) is 0 Å². The molecule has 1 aliphatic rings. The van der Waals surface area contributed by atoms with Gasteiger partial charge in [-0.3, -0.25) is 0 Å².